The number of thioether (sulfide) groups is 2. The van der Waals surface area contributed by atoms with Crippen molar-refractivity contribution in [3.63, 3.8) is 0 Å². The van der Waals surface area contributed by atoms with E-state index in [0.717, 1.165) is 33.0 Å². The zero-order chi connectivity index (χ0) is 15.5. The van der Waals surface area contributed by atoms with E-state index in [9.17, 15) is 9.59 Å². The van der Waals surface area contributed by atoms with Gasteiger partial charge in [0.2, 0.25) is 11.8 Å². The van der Waals surface area contributed by atoms with Gasteiger partial charge in [0.1, 0.15) is 0 Å². The Balaban J connectivity index is 2.09. The van der Waals surface area contributed by atoms with E-state index >= 15 is 0 Å². The topological polar surface area (TPSA) is 84.0 Å². The summed E-state index contributed by atoms with van der Waals surface area (Å²) in [7, 11) is 0. The van der Waals surface area contributed by atoms with E-state index < -0.39 is 0 Å². The maximum atomic E-state index is 10.7. The highest BCUT2D eigenvalue weighted by atomic mass is 32.2. The first-order valence-corrected chi connectivity index (χ1v) is 9.44. The molecular formula is C12H20N4O2S3. The van der Waals surface area contributed by atoms with Crippen LogP contribution >= 0.6 is 34.9 Å². The third-order valence-electron chi connectivity index (χ3n) is 2.23. The molecule has 0 radical (unpaired) electrons. The number of nitrogens with zero attached hydrogens (tertiary/aromatic N) is 2. The van der Waals surface area contributed by atoms with Crippen molar-refractivity contribution in [2.75, 3.05) is 24.6 Å². The van der Waals surface area contributed by atoms with Gasteiger partial charge in [-0.25, -0.2) is 0 Å². The van der Waals surface area contributed by atoms with Crippen molar-refractivity contribution in [3.05, 3.63) is 0 Å². The van der Waals surface area contributed by atoms with Crippen molar-refractivity contribution in [3.8, 4) is 0 Å². The molecule has 0 aliphatic heterocycles. The predicted octanol–water partition coefficient (Wildman–Crippen LogP) is 1.77. The Hall–Kier alpha value is -0.800. The smallest absolute Gasteiger partial charge is 0.216 e. The molecule has 0 aromatic carbocycles. The molecule has 118 valence electrons. The Labute approximate surface area is 137 Å². The highest BCUT2D eigenvalue weighted by molar-refractivity contribution is 8.03. The zero-order valence-corrected chi connectivity index (χ0v) is 14.6. The summed E-state index contributed by atoms with van der Waals surface area (Å²) in [6.07, 6.45) is 1.84. The molecule has 0 saturated carbocycles. The second kappa shape index (κ2) is 10.9. The zero-order valence-electron chi connectivity index (χ0n) is 12.2. The van der Waals surface area contributed by atoms with E-state index in [-0.39, 0.29) is 11.8 Å². The molecule has 0 saturated heterocycles. The molecule has 21 heavy (non-hydrogen) atoms. The molecule has 1 aromatic heterocycles. The minimum atomic E-state index is 0.00821. The molecule has 1 heterocycles. The van der Waals surface area contributed by atoms with Gasteiger partial charge in [0.15, 0.2) is 8.68 Å². The van der Waals surface area contributed by atoms with Crippen LogP contribution in [0.5, 0.6) is 0 Å². The van der Waals surface area contributed by atoms with Crippen molar-refractivity contribution < 1.29 is 9.59 Å². The van der Waals surface area contributed by atoms with E-state index in [1.54, 1.807) is 34.9 Å². The first kappa shape index (κ1) is 18.2. The second-order valence-electron chi connectivity index (χ2n) is 4.20. The standard InChI is InChI=1S/C12H20N4O2S3/c1-9(17)13-5-3-7-19-11-15-16-12(21-11)20-8-4-6-14-10(2)18/h3-8H2,1-2H3,(H,13,17)(H,14,18). The number of carbonyl (C=O) groups excluding carboxylic acids is 2. The molecule has 0 bridgehead atoms. The number of aromatic nitrogens is 2. The highest BCUT2D eigenvalue weighted by Crippen LogP contribution is 2.29. The van der Waals surface area contributed by atoms with E-state index in [2.05, 4.69) is 20.8 Å². The Morgan fingerprint density at radius 1 is 0.952 bits per heavy atom. The average molecular weight is 349 g/mol. The van der Waals surface area contributed by atoms with Crippen LogP contribution in [0.2, 0.25) is 0 Å². The second-order valence-corrected chi connectivity index (χ2v) is 7.87. The third-order valence-corrected chi connectivity index (χ3v) is 5.59. The minimum Gasteiger partial charge on any atom is -0.356 e. The number of hydrogen-bond donors (Lipinski definition) is 2. The Morgan fingerprint density at radius 2 is 1.38 bits per heavy atom. The highest BCUT2D eigenvalue weighted by Gasteiger charge is 2.05. The SMILES string of the molecule is CC(=O)NCCCSc1nnc(SCCCNC(C)=O)s1. The molecule has 0 aliphatic rings. The van der Waals surface area contributed by atoms with Gasteiger partial charge in [-0.05, 0) is 12.8 Å². The quantitative estimate of drug-likeness (QED) is 0.495. The Morgan fingerprint density at radius 3 is 1.76 bits per heavy atom. The van der Waals surface area contributed by atoms with Gasteiger partial charge >= 0.3 is 0 Å². The molecule has 1 aromatic rings. The van der Waals surface area contributed by atoms with Crippen LogP contribution in [-0.4, -0.2) is 46.6 Å². The van der Waals surface area contributed by atoms with Crippen molar-refractivity contribution in [2.45, 2.75) is 35.4 Å². The molecule has 0 spiro atoms. The minimum absolute atomic E-state index is 0.00821. The third kappa shape index (κ3) is 9.70. The van der Waals surface area contributed by atoms with Gasteiger partial charge in [0, 0.05) is 38.4 Å². The van der Waals surface area contributed by atoms with E-state index in [1.807, 2.05) is 0 Å². The molecule has 0 aliphatic carbocycles. The largest absolute Gasteiger partial charge is 0.356 e. The molecule has 2 N–H and O–H groups in total. The van der Waals surface area contributed by atoms with Crippen LogP contribution in [0, 0.1) is 0 Å². The van der Waals surface area contributed by atoms with Crippen LogP contribution in [0.25, 0.3) is 0 Å². The fraction of sp³-hybridized carbons (Fsp3) is 0.667. The Kier molecular flexibility index (Phi) is 9.44. The van der Waals surface area contributed by atoms with Gasteiger partial charge in [0.25, 0.3) is 0 Å². The summed E-state index contributed by atoms with van der Waals surface area (Å²) in [5, 5.41) is 13.8. The van der Waals surface area contributed by atoms with E-state index in [0.29, 0.717) is 13.1 Å². The lowest BCUT2D eigenvalue weighted by molar-refractivity contribution is -0.119. The van der Waals surface area contributed by atoms with Crippen LogP contribution in [0.15, 0.2) is 8.68 Å². The molecule has 0 atom stereocenters. The van der Waals surface area contributed by atoms with Gasteiger partial charge in [-0.1, -0.05) is 34.9 Å². The van der Waals surface area contributed by atoms with Crippen LogP contribution < -0.4 is 10.6 Å². The summed E-state index contributed by atoms with van der Waals surface area (Å²) < 4.78 is 1.92. The molecule has 9 heteroatoms. The summed E-state index contributed by atoms with van der Waals surface area (Å²) in [5.41, 5.74) is 0. The predicted molar refractivity (Wildman–Crippen MR) is 88.0 cm³/mol. The van der Waals surface area contributed by atoms with Crippen molar-refractivity contribution in [2.24, 2.45) is 0 Å². The molecular weight excluding hydrogens is 328 g/mol. The number of amides is 2. The van der Waals surface area contributed by atoms with Gasteiger partial charge in [-0.2, -0.15) is 0 Å². The molecule has 1 rings (SSSR count). The molecule has 0 fully saturated rings. The molecule has 2 amide bonds. The monoisotopic (exact) mass is 348 g/mol. The number of carbonyl (C=O) groups is 2. The lowest BCUT2D eigenvalue weighted by Crippen LogP contribution is -2.21. The maximum Gasteiger partial charge on any atom is 0.216 e. The van der Waals surface area contributed by atoms with Crippen LogP contribution in [0.4, 0.5) is 0 Å². The summed E-state index contributed by atoms with van der Waals surface area (Å²) in [6, 6.07) is 0. The fourth-order valence-electron chi connectivity index (χ4n) is 1.31. The fourth-order valence-corrected chi connectivity index (χ4v) is 4.35. The number of nitrogens with one attached hydrogen (secondary N) is 2. The van der Waals surface area contributed by atoms with Crippen molar-refractivity contribution in [1.82, 2.24) is 20.8 Å². The maximum absolute atomic E-state index is 10.7. The van der Waals surface area contributed by atoms with E-state index in [4.69, 9.17) is 0 Å². The normalized spacial score (nSPS) is 10.4. The first-order valence-electron chi connectivity index (χ1n) is 6.66. The van der Waals surface area contributed by atoms with Crippen molar-refractivity contribution in [1.29, 1.82) is 0 Å². The average Bonchev–Trinajstić information content (AvgIpc) is 2.85. The van der Waals surface area contributed by atoms with E-state index in [1.165, 1.54) is 13.8 Å². The van der Waals surface area contributed by atoms with Crippen LogP contribution in [0.3, 0.4) is 0 Å². The van der Waals surface area contributed by atoms with Gasteiger partial charge in [-0.15, -0.1) is 10.2 Å². The lowest BCUT2D eigenvalue weighted by atomic mass is 10.5. The molecule has 6 nitrogen and oxygen atoms in total. The molecule has 0 unspecified atom stereocenters. The first-order chi connectivity index (χ1) is 10.1. The summed E-state index contributed by atoms with van der Waals surface area (Å²) >= 11 is 4.92. The summed E-state index contributed by atoms with van der Waals surface area (Å²) in [5.74, 6) is 1.85. The lowest BCUT2D eigenvalue weighted by Gasteiger charge is -2.00. The van der Waals surface area contributed by atoms with Crippen LogP contribution in [0.1, 0.15) is 26.7 Å². The summed E-state index contributed by atoms with van der Waals surface area (Å²) in [4.78, 5) is 21.4. The number of hydrogen-bond acceptors (Lipinski definition) is 7. The van der Waals surface area contributed by atoms with Gasteiger partial charge in [-0.3, -0.25) is 9.59 Å². The summed E-state index contributed by atoms with van der Waals surface area (Å²) in [6.45, 7) is 4.44. The van der Waals surface area contributed by atoms with Crippen molar-refractivity contribution >= 4 is 46.7 Å². The van der Waals surface area contributed by atoms with Gasteiger partial charge in [0.05, 0.1) is 0 Å². The Bertz CT molecular complexity index is 415. The van der Waals surface area contributed by atoms with Gasteiger partial charge < -0.3 is 10.6 Å². The van der Waals surface area contributed by atoms with Crippen LogP contribution in [-0.2, 0) is 9.59 Å². The number of rotatable bonds is 10.